The highest BCUT2D eigenvalue weighted by Crippen LogP contribution is 2.45. The molecule has 31 heavy (non-hydrogen) atoms. The Balaban J connectivity index is 2.16. The van der Waals surface area contributed by atoms with Crippen molar-refractivity contribution < 1.29 is 40.2 Å². The molecule has 0 atom stereocenters. The number of hydrazone groups is 1. The SMILES string of the molecule is COc1cc(/C=N/NC(F)(F)C(F)(F)C(F)(F)F)c(Br)cc1OCc1ccc(Cl)cc1. The van der Waals surface area contributed by atoms with E-state index < -0.39 is 18.1 Å². The predicted molar refractivity (Wildman–Crippen MR) is 103 cm³/mol. The van der Waals surface area contributed by atoms with E-state index in [0.29, 0.717) is 16.7 Å². The summed E-state index contributed by atoms with van der Waals surface area (Å²) >= 11 is 8.91. The van der Waals surface area contributed by atoms with Gasteiger partial charge in [0.25, 0.3) is 0 Å². The second-order valence-electron chi connectivity index (χ2n) is 5.96. The van der Waals surface area contributed by atoms with E-state index in [1.807, 2.05) is 0 Å². The van der Waals surface area contributed by atoms with Crippen LogP contribution in [0.25, 0.3) is 0 Å². The number of hydrogen-bond acceptors (Lipinski definition) is 4. The average Bonchev–Trinajstić information content (AvgIpc) is 2.67. The Labute approximate surface area is 185 Å². The van der Waals surface area contributed by atoms with E-state index in [2.05, 4.69) is 21.0 Å². The minimum atomic E-state index is -6.47. The molecule has 0 spiro atoms. The average molecular weight is 538 g/mol. The van der Waals surface area contributed by atoms with Crippen LogP contribution in [0.3, 0.4) is 0 Å². The van der Waals surface area contributed by atoms with Gasteiger partial charge in [0.05, 0.1) is 13.3 Å². The van der Waals surface area contributed by atoms with Crippen molar-refractivity contribution in [3.8, 4) is 11.5 Å². The van der Waals surface area contributed by atoms with Crippen LogP contribution in [0, 0.1) is 0 Å². The monoisotopic (exact) mass is 536 g/mol. The molecule has 1 N–H and O–H groups in total. The summed E-state index contributed by atoms with van der Waals surface area (Å²) < 4.78 is 99.6. The number of halogens is 9. The Hall–Kier alpha value is -2.21. The van der Waals surface area contributed by atoms with Gasteiger partial charge < -0.3 is 9.47 Å². The van der Waals surface area contributed by atoms with E-state index in [1.165, 1.54) is 19.2 Å². The first kappa shape index (κ1) is 25.1. The van der Waals surface area contributed by atoms with Crippen LogP contribution in [0.1, 0.15) is 11.1 Å². The summed E-state index contributed by atoms with van der Waals surface area (Å²) in [5, 5.41) is 3.36. The standard InChI is InChI=1S/C18H13BrClF7N2O2/c1-30-14-6-11(8-28-29-18(26,27)16(21,22)17(23,24)25)13(19)7-15(14)31-9-10-2-4-12(20)5-3-10/h2-8,29H,9H2,1H3/b28-8+. The molecule has 0 aliphatic heterocycles. The van der Waals surface area contributed by atoms with Gasteiger partial charge in [-0.1, -0.05) is 23.7 Å². The molecule has 0 radical (unpaired) electrons. The first-order valence-electron chi connectivity index (χ1n) is 8.16. The molecule has 4 nitrogen and oxygen atoms in total. The number of rotatable bonds is 8. The normalized spacial score (nSPS) is 12.8. The van der Waals surface area contributed by atoms with Crippen molar-refractivity contribution in [2.24, 2.45) is 5.10 Å². The highest BCUT2D eigenvalue weighted by molar-refractivity contribution is 9.10. The van der Waals surface area contributed by atoms with Crippen LogP contribution in [-0.4, -0.2) is 31.5 Å². The van der Waals surface area contributed by atoms with Crippen molar-refractivity contribution in [2.75, 3.05) is 7.11 Å². The van der Waals surface area contributed by atoms with Crippen LogP contribution in [0.2, 0.25) is 5.02 Å². The number of hydrogen-bond donors (Lipinski definition) is 1. The number of benzene rings is 2. The van der Waals surface area contributed by atoms with Crippen molar-refractivity contribution in [1.82, 2.24) is 5.43 Å². The molecule has 2 rings (SSSR count). The molecule has 170 valence electrons. The molecule has 0 unspecified atom stereocenters. The second-order valence-corrected chi connectivity index (χ2v) is 7.25. The summed E-state index contributed by atoms with van der Waals surface area (Å²) in [5.74, 6) is -5.96. The van der Waals surface area contributed by atoms with Crippen LogP contribution in [-0.2, 0) is 6.61 Å². The lowest BCUT2D eigenvalue weighted by Gasteiger charge is -2.27. The Kier molecular flexibility index (Phi) is 7.69. The van der Waals surface area contributed by atoms with Crippen molar-refractivity contribution in [3.05, 3.63) is 57.0 Å². The Bertz CT molecular complexity index is 938. The molecule has 0 saturated heterocycles. The molecule has 0 amide bonds. The fraction of sp³-hybridized carbons (Fsp3) is 0.278. The zero-order valence-corrected chi connectivity index (χ0v) is 17.8. The van der Waals surface area contributed by atoms with Gasteiger partial charge in [-0.3, -0.25) is 0 Å². The molecule has 2 aromatic rings. The van der Waals surface area contributed by atoms with Crippen LogP contribution >= 0.6 is 27.5 Å². The molecule has 0 aromatic heterocycles. The topological polar surface area (TPSA) is 42.8 Å². The van der Waals surface area contributed by atoms with Gasteiger partial charge >= 0.3 is 18.1 Å². The third-order valence-electron chi connectivity index (χ3n) is 3.75. The number of methoxy groups -OCH3 is 1. The molecule has 0 heterocycles. The molecule has 0 aliphatic carbocycles. The molecule has 0 aliphatic rings. The van der Waals surface area contributed by atoms with Crippen LogP contribution in [0.15, 0.2) is 46.0 Å². The Morgan fingerprint density at radius 1 is 1.03 bits per heavy atom. The summed E-state index contributed by atoms with van der Waals surface area (Å²) in [7, 11) is 1.29. The number of nitrogens with zero attached hydrogens (tertiary/aromatic N) is 1. The van der Waals surface area contributed by atoms with Gasteiger partial charge in [-0.15, -0.1) is 0 Å². The third kappa shape index (κ3) is 5.94. The summed E-state index contributed by atoms with van der Waals surface area (Å²) in [6, 6.07) is 3.77. The molecular weight excluding hydrogens is 525 g/mol. The van der Waals surface area contributed by atoms with Crippen molar-refractivity contribution in [2.45, 2.75) is 24.8 Å². The fourth-order valence-corrected chi connectivity index (χ4v) is 2.65. The van der Waals surface area contributed by atoms with Gasteiger partial charge in [0, 0.05) is 15.1 Å². The van der Waals surface area contributed by atoms with Crippen LogP contribution in [0.4, 0.5) is 30.7 Å². The maximum absolute atomic E-state index is 13.2. The molecule has 13 heteroatoms. The van der Waals surface area contributed by atoms with Crippen LogP contribution in [0.5, 0.6) is 11.5 Å². The molecular formula is C18H13BrClF7N2O2. The highest BCUT2D eigenvalue weighted by Gasteiger charge is 2.73. The number of alkyl halides is 7. The van der Waals surface area contributed by atoms with Gasteiger partial charge in [-0.05, 0) is 45.8 Å². The summed E-state index contributed by atoms with van der Waals surface area (Å²) in [6.07, 6.45) is -5.85. The number of ether oxygens (including phenoxy) is 2. The zero-order valence-electron chi connectivity index (χ0n) is 15.4. The lowest BCUT2D eigenvalue weighted by Crippen LogP contribution is -2.58. The van der Waals surface area contributed by atoms with Gasteiger partial charge in [0.1, 0.15) is 6.61 Å². The van der Waals surface area contributed by atoms with E-state index in [4.69, 9.17) is 21.1 Å². The highest BCUT2D eigenvalue weighted by atomic mass is 79.9. The smallest absolute Gasteiger partial charge is 0.462 e. The fourth-order valence-electron chi connectivity index (χ4n) is 2.09. The lowest BCUT2D eigenvalue weighted by molar-refractivity contribution is -0.361. The van der Waals surface area contributed by atoms with Crippen molar-refractivity contribution in [1.29, 1.82) is 0 Å². The Morgan fingerprint density at radius 2 is 1.65 bits per heavy atom. The largest absolute Gasteiger partial charge is 0.493 e. The quantitative estimate of drug-likeness (QED) is 0.183. The van der Waals surface area contributed by atoms with Crippen molar-refractivity contribution >= 4 is 33.7 Å². The third-order valence-corrected chi connectivity index (χ3v) is 4.69. The lowest BCUT2D eigenvalue weighted by atomic mass is 10.2. The van der Waals surface area contributed by atoms with Gasteiger partial charge in [0.2, 0.25) is 0 Å². The Morgan fingerprint density at radius 3 is 2.19 bits per heavy atom. The van der Waals surface area contributed by atoms with E-state index >= 15 is 0 Å². The molecule has 0 fully saturated rings. The summed E-state index contributed by atoms with van der Waals surface area (Å²) in [4.78, 5) is 0. The molecule has 2 aromatic carbocycles. The molecule has 0 saturated carbocycles. The van der Waals surface area contributed by atoms with Gasteiger partial charge in [-0.2, -0.15) is 35.8 Å². The van der Waals surface area contributed by atoms with Gasteiger partial charge in [0.15, 0.2) is 11.5 Å². The molecule has 0 bridgehead atoms. The summed E-state index contributed by atoms with van der Waals surface area (Å²) in [5.41, 5.74) is 1.37. The second kappa shape index (κ2) is 9.51. The predicted octanol–water partition coefficient (Wildman–Crippen LogP) is 6.40. The zero-order chi connectivity index (χ0) is 23.4. The van der Waals surface area contributed by atoms with E-state index in [1.54, 1.807) is 24.3 Å². The maximum atomic E-state index is 13.2. The first-order chi connectivity index (χ1) is 14.3. The minimum Gasteiger partial charge on any atom is -0.493 e. The van der Waals surface area contributed by atoms with E-state index in [0.717, 1.165) is 5.56 Å². The maximum Gasteiger partial charge on any atom is 0.462 e. The van der Waals surface area contributed by atoms with Gasteiger partial charge in [-0.25, -0.2) is 5.43 Å². The number of nitrogens with one attached hydrogen (secondary N) is 1. The summed E-state index contributed by atoms with van der Waals surface area (Å²) in [6.45, 7) is 0.133. The van der Waals surface area contributed by atoms with E-state index in [-0.39, 0.29) is 28.1 Å². The first-order valence-corrected chi connectivity index (χ1v) is 9.33. The van der Waals surface area contributed by atoms with Crippen LogP contribution < -0.4 is 14.9 Å². The minimum absolute atomic E-state index is 0.0364. The van der Waals surface area contributed by atoms with Crippen molar-refractivity contribution in [3.63, 3.8) is 0 Å². The van der Waals surface area contributed by atoms with E-state index in [9.17, 15) is 30.7 Å².